The van der Waals surface area contributed by atoms with Gasteiger partial charge in [-0.05, 0) is 30.7 Å². The second kappa shape index (κ2) is 15.1. The van der Waals surface area contributed by atoms with E-state index in [4.69, 9.17) is 26.8 Å². The number of ether oxygens (including phenoxy) is 2. The zero-order valence-electron chi connectivity index (χ0n) is 21.7. The van der Waals surface area contributed by atoms with E-state index < -0.39 is 10.0 Å². The summed E-state index contributed by atoms with van der Waals surface area (Å²) < 4.78 is 36.6. The smallest absolute Gasteiger partial charge is 0.211 e. The summed E-state index contributed by atoms with van der Waals surface area (Å²) in [6.07, 6.45) is 3.81. The maximum atomic E-state index is 11.8. The molecule has 0 fully saturated rings. The number of pyridine rings is 4. The molecule has 0 bridgehead atoms. The summed E-state index contributed by atoms with van der Waals surface area (Å²) in [7, 11) is -0.199. The van der Waals surface area contributed by atoms with E-state index in [2.05, 4.69) is 24.7 Å². The molecule has 0 radical (unpaired) electrons. The van der Waals surface area contributed by atoms with Crippen LogP contribution in [0.25, 0.3) is 22.8 Å². The van der Waals surface area contributed by atoms with E-state index in [1.54, 1.807) is 38.7 Å². The van der Waals surface area contributed by atoms with Gasteiger partial charge < -0.3 is 15.2 Å². The zero-order chi connectivity index (χ0) is 28.1. The Morgan fingerprint density at radius 1 is 0.821 bits per heavy atom. The maximum Gasteiger partial charge on any atom is 0.211 e. The topological polar surface area (TPSA) is 142 Å². The summed E-state index contributed by atoms with van der Waals surface area (Å²) in [4.78, 5) is 17.3. The molecule has 0 saturated carbocycles. The monoisotopic (exact) mass is 570 g/mol. The van der Waals surface area contributed by atoms with Gasteiger partial charge in [0.15, 0.2) is 0 Å². The van der Waals surface area contributed by atoms with Crippen LogP contribution in [0.2, 0.25) is 0 Å². The van der Waals surface area contributed by atoms with Crippen molar-refractivity contribution in [3.8, 4) is 34.3 Å². The molecule has 3 N–H and O–H groups in total. The minimum absolute atomic E-state index is 0.00638. The zero-order valence-corrected chi connectivity index (χ0v) is 23.3. The largest absolute Gasteiger partial charge is 0.497 e. The van der Waals surface area contributed by atoms with Gasteiger partial charge in [0.1, 0.15) is 11.5 Å². The van der Waals surface area contributed by atoms with Crippen LogP contribution in [-0.2, 0) is 23.1 Å². The minimum atomic E-state index is -3.37. The van der Waals surface area contributed by atoms with Gasteiger partial charge in [0.25, 0.3) is 0 Å². The van der Waals surface area contributed by atoms with Gasteiger partial charge in [-0.2, -0.15) is 0 Å². The first kappa shape index (κ1) is 29.9. The predicted molar refractivity (Wildman–Crippen MR) is 152 cm³/mol. The van der Waals surface area contributed by atoms with Gasteiger partial charge in [-0.1, -0.05) is 12.1 Å². The van der Waals surface area contributed by atoms with Crippen molar-refractivity contribution in [2.45, 2.75) is 19.5 Å². The van der Waals surface area contributed by atoms with Gasteiger partial charge in [0.05, 0.1) is 60.7 Å². The first-order valence-electron chi connectivity index (χ1n) is 12.0. The summed E-state index contributed by atoms with van der Waals surface area (Å²) in [5.74, 6) is 1.64. The molecule has 4 aromatic heterocycles. The van der Waals surface area contributed by atoms with E-state index in [1.807, 2.05) is 48.5 Å². The Morgan fingerprint density at radius 2 is 1.36 bits per heavy atom. The fourth-order valence-electron chi connectivity index (χ4n) is 3.34. The Hall–Kier alpha value is -3.64. The van der Waals surface area contributed by atoms with Gasteiger partial charge in [-0.3, -0.25) is 9.97 Å². The molecular formula is C27H31ClN6O4S. The normalized spacial score (nSPS) is 10.9. The Balaban J connectivity index is 0.000000230. The summed E-state index contributed by atoms with van der Waals surface area (Å²) in [5, 5.41) is 0. The molecule has 4 aromatic rings. The van der Waals surface area contributed by atoms with Crippen molar-refractivity contribution in [2.24, 2.45) is 5.73 Å². The van der Waals surface area contributed by atoms with Gasteiger partial charge >= 0.3 is 0 Å². The average Bonchev–Trinajstić information content (AvgIpc) is 2.99. The number of hydrogen-bond donors (Lipinski definition) is 2. The van der Waals surface area contributed by atoms with E-state index >= 15 is 0 Å². The van der Waals surface area contributed by atoms with Crippen molar-refractivity contribution < 1.29 is 17.9 Å². The van der Waals surface area contributed by atoms with Crippen molar-refractivity contribution in [1.29, 1.82) is 0 Å². The highest BCUT2D eigenvalue weighted by Crippen LogP contribution is 2.22. The Labute approximate surface area is 233 Å². The number of rotatable bonds is 11. The summed E-state index contributed by atoms with van der Waals surface area (Å²) in [6.45, 7) is 0.471. The molecule has 4 rings (SSSR count). The second-order valence-corrected chi connectivity index (χ2v) is 10.4. The Bertz CT molecular complexity index is 1400. The molecule has 12 heteroatoms. The molecule has 39 heavy (non-hydrogen) atoms. The molecule has 0 aliphatic carbocycles. The molecule has 0 aliphatic heterocycles. The molecule has 206 valence electrons. The fraction of sp³-hybridized carbons (Fsp3) is 0.259. The van der Waals surface area contributed by atoms with Crippen LogP contribution in [0.1, 0.15) is 17.8 Å². The molecule has 0 atom stereocenters. The minimum Gasteiger partial charge on any atom is -0.497 e. The van der Waals surface area contributed by atoms with Crippen LogP contribution in [0.5, 0.6) is 11.5 Å². The van der Waals surface area contributed by atoms with E-state index in [-0.39, 0.29) is 12.3 Å². The van der Waals surface area contributed by atoms with Crippen molar-refractivity contribution in [3.63, 3.8) is 0 Å². The van der Waals surface area contributed by atoms with Crippen molar-refractivity contribution in [3.05, 3.63) is 84.4 Å². The number of aromatic nitrogens is 4. The van der Waals surface area contributed by atoms with Crippen molar-refractivity contribution in [1.82, 2.24) is 24.7 Å². The van der Waals surface area contributed by atoms with Crippen LogP contribution in [0.4, 0.5) is 0 Å². The molecule has 4 heterocycles. The van der Waals surface area contributed by atoms with E-state index in [9.17, 15) is 8.42 Å². The van der Waals surface area contributed by atoms with E-state index in [0.29, 0.717) is 41.7 Å². The number of nitrogens with one attached hydrogen (secondary N) is 1. The van der Waals surface area contributed by atoms with Crippen LogP contribution >= 0.6 is 11.6 Å². The molecule has 0 saturated heterocycles. The van der Waals surface area contributed by atoms with Crippen LogP contribution in [0.3, 0.4) is 0 Å². The third-order valence-electron chi connectivity index (χ3n) is 5.26. The SMILES string of the molecule is COc1cc(CN)nc(-c2ccccn2)c1.COc1cc(CNS(=O)(=O)CCCCl)nc(-c2ccccn2)c1. The number of nitrogens with zero attached hydrogens (tertiary/aromatic N) is 4. The highest BCUT2D eigenvalue weighted by atomic mass is 35.5. The van der Waals surface area contributed by atoms with Crippen LogP contribution < -0.4 is 19.9 Å². The van der Waals surface area contributed by atoms with Crippen LogP contribution in [0, 0.1) is 0 Å². The average molecular weight is 571 g/mol. The quantitative estimate of drug-likeness (QED) is 0.257. The number of alkyl halides is 1. The lowest BCUT2D eigenvalue weighted by molar-refractivity contribution is 0.413. The lowest BCUT2D eigenvalue weighted by atomic mass is 10.2. The number of methoxy groups -OCH3 is 2. The summed E-state index contributed by atoms with van der Waals surface area (Å²) in [6, 6.07) is 18.3. The Morgan fingerprint density at radius 3 is 1.82 bits per heavy atom. The fourth-order valence-corrected chi connectivity index (χ4v) is 4.67. The maximum absolute atomic E-state index is 11.8. The molecule has 0 aromatic carbocycles. The molecule has 0 spiro atoms. The first-order valence-corrected chi connectivity index (χ1v) is 14.2. The summed E-state index contributed by atoms with van der Waals surface area (Å²) in [5.41, 5.74) is 9.84. The van der Waals surface area contributed by atoms with Crippen molar-refractivity contribution >= 4 is 21.6 Å². The van der Waals surface area contributed by atoms with Gasteiger partial charge in [-0.15, -0.1) is 11.6 Å². The van der Waals surface area contributed by atoms with Crippen LogP contribution in [-0.4, -0.2) is 54.2 Å². The standard InChI is InChI=1S/C15H18ClN3O3S.C12H13N3O/c1-22-13-9-12(11-18-23(20,21)8-4-6-16)19-15(10-13)14-5-2-3-7-17-14;1-16-10-6-9(8-13)15-12(7-10)11-4-2-3-5-14-11/h2-3,5,7,9-10,18H,4,6,8,11H2,1H3;2-7H,8,13H2,1H3. The van der Waals surface area contributed by atoms with E-state index in [0.717, 1.165) is 22.8 Å². The third kappa shape index (κ3) is 9.56. The Kier molecular flexibility index (Phi) is 11.6. The number of sulfonamides is 1. The molecule has 0 unspecified atom stereocenters. The molecular weight excluding hydrogens is 540 g/mol. The van der Waals surface area contributed by atoms with Crippen LogP contribution in [0.15, 0.2) is 73.1 Å². The number of hydrogen-bond acceptors (Lipinski definition) is 9. The van der Waals surface area contributed by atoms with Gasteiger partial charge in [-0.25, -0.2) is 23.1 Å². The van der Waals surface area contributed by atoms with Gasteiger partial charge in [0.2, 0.25) is 10.0 Å². The highest BCUT2D eigenvalue weighted by molar-refractivity contribution is 7.89. The lowest BCUT2D eigenvalue weighted by Gasteiger charge is -2.09. The predicted octanol–water partition coefficient (Wildman–Crippen LogP) is 3.81. The number of nitrogens with two attached hydrogens (primary N) is 1. The molecule has 0 amide bonds. The third-order valence-corrected chi connectivity index (χ3v) is 6.94. The van der Waals surface area contributed by atoms with Crippen molar-refractivity contribution in [2.75, 3.05) is 25.9 Å². The number of halogens is 1. The van der Waals surface area contributed by atoms with E-state index in [1.165, 1.54) is 0 Å². The summed E-state index contributed by atoms with van der Waals surface area (Å²) >= 11 is 5.52. The second-order valence-electron chi connectivity index (χ2n) is 8.08. The van der Waals surface area contributed by atoms with Gasteiger partial charge in [0, 0.05) is 49.1 Å². The first-order chi connectivity index (χ1) is 18.9. The molecule has 0 aliphatic rings. The lowest BCUT2D eigenvalue weighted by Crippen LogP contribution is -2.26. The highest BCUT2D eigenvalue weighted by Gasteiger charge is 2.12. The molecule has 10 nitrogen and oxygen atoms in total.